The zero-order valence-corrected chi connectivity index (χ0v) is 14.8. The standard InChI is InChI=1S/C15H13F3N6S2/c16-15(17,18)8-6-20-14(10-3-4-12(25-10)26-19)22-13(8)21-11-5-9(23-24-11)7-1-2-7/h3-7H,1-2,19H2,(H2,20,21,22,23,24). The van der Waals surface area contributed by atoms with Crippen LogP contribution in [-0.2, 0) is 6.18 Å². The number of rotatable bonds is 5. The molecule has 0 radical (unpaired) electrons. The van der Waals surface area contributed by atoms with E-state index in [4.69, 9.17) is 5.14 Å². The molecule has 0 atom stereocenters. The minimum absolute atomic E-state index is 0.198. The number of aromatic amines is 1. The van der Waals surface area contributed by atoms with Gasteiger partial charge in [0, 0.05) is 23.9 Å². The van der Waals surface area contributed by atoms with Gasteiger partial charge in [-0.15, -0.1) is 11.3 Å². The summed E-state index contributed by atoms with van der Waals surface area (Å²) in [6.45, 7) is 0. The van der Waals surface area contributed by atoms with Gasteiger partial charge >= 0.3 is 6.18 Å². The topological polar surface area (TPSA) is 92.5 Å². The number of nitrogens with two attached hydrogens (primary N) is 1. The van der Waals surface area contributed by atoms with Gasteiger partial charge in [-0.3, -0.25) is 10.2 Å². The summed E-state index contributed by atoms with van der Waals surface area (Å²) in [6.07, 6.45) is -1.67. The van der Waals surface area contributed by atoms with Crippen LogP contribution >= 0.6 is 23.3 Å². The van der Waals surface area contributed by atoms with Crippen molar-refractivity contribution < 1.29 is 13.2 Å². The summed E-state index contributed by atoms with van der Waals surface area (Å²) in [7, 11) is 0. The number of thiophene rings is 1. The Kier molecular flexibility index (Phi) is 4.37. The third-order valence-electron chi connectivity index (χ3n) is 3.87. The summed E-state index contributed by atoms with van der Waals surface area (Å²) in [4.78, 5) is 8.59. The summed E-state index contributed by atoms with van der Waals surface area (Å²) in [5.41, 5.74) is -0.0274. The summed E-state index contributed by atoms with van der Waals surface area (Å²) >= 11 is 2.38. The second kappa shape index (κ2) is 6.56. The average Bonchev–Trinajstić information content (AvgIpc) is 3.16. The zero-order chi connectivity index (χ0) is 18.3. The molecule has 1 fully saturated rings. The number of hydrogen-bond donors (Lipinski definition) is 3. The first-order chi connectivity index (χ1) is 12.4. The van der Waals surface area contributed by atoms with Gasteiger partial charge in [-0.25, -0.2) is 9.97 Å². The lowest BCUT2D eigenvalue weighted by Gasteiger charge is -2.12. The smallest absolute Gasteiger partial charge is 0.323 e. The predicted molar refractivity (Wildman–Crippen MR) is 94.2 cm³/mol. The van der Waals surface area contributed by atoms with Crippen LogP contribution in [0.25, 0.3) is 10.7 Å². The van der Waals surface area contributed by atoms with Crippen molar-refractivity contribution in [1.82, 2.24) is 20.2 Å². The second-order valence-corrected chi connectivity index (χ2v) is 7.82. The molecule has 26 heavy (non-hydrogen) atoms. The summed E-state index contributed by atoms with van der Waals surface area (Å²) in [5, 5.41) is 15.1. The van der Waals surface area contributed by atoms with Crippen molar-refractivity contribution in [2.75, 3.05) is 5.32 Å². The molecule has 11 heteroatoms. The molecule has 1 aliphatic carbocycles. The molecule has 0 amide bonds. The lowest BCUT2D eigenvalue weighted by atomic mass is 10.2. The van der Waals surface area contributed by atoms with E-state index in [1.807, 2.05) is 0 Å². The van der Waals surface area contributed by atoms with Crippen LogP contribution in [0.15, 0.2) is 28.6 Å². The summed E-state index contributed by atoms with van der Waals surface area (Å²) in [5.74, 6) is 0.585. The number of anilines is 2. The van der Waals surface area contributed by atoms with Crippen molar-refractivity contribution in [3.8, 4) is 10.7 Å². The van der Waals surface area contributed by atoms with Crippen LogP contribution in [0.5, 0.6) is 0 Å². The van der Waals surface area contributed by atoms with Crippen molar-refractivity contribution in [2.24, 2.45) is 5.14 Å². The van der Waals surface area contributed by atoms with Crippen molar-refractivity contribution in [3.05, 3.63) is 35.7 Å². The van der Waals surface area contributed by atoms with Gasteiger partial charge in [-0.05, 0) is 36.9 Å². The number of nitrogens with one attached hydrogen (secondary N) is 2. The maximum absolute atomic E-state index is 13.3. The zero-order valence-electron chi connectivity index (χ0n) is 13.2. The normalized spacial score (nSPS) is 14.6. The minimum Gasteiger partial charge on any atom is -0.323 e. The van der Waals surface area contributed by atoms with Crippen LogP contribution < -0.4 is 10.5 Å². The van der Waals surface area contributed by atoms with E-state index < -0.39 is 11.7 Å². The Balaban J connectivity index is 1.69. The first kappa shape index (κ1) is 17.3. The van der Waals surface area contributed by atoms with Crippen LogP contribution in [-0.4, -0.2) is 20.2 Å². The SMILES string of the molecule is NSc1ccc(-c2ncc(C(F)(F)F)c(Nc3cc(C4CC4)[nH]n3)n2)s1. The highest BCUT2D eigenvalue weighted by Crippen LogP contribution is 2.40. The molecule has 3 heterocycles. The van der Waals surface area contributed by atoms with Gasteiger partial charge < -0.3 is 5.32 Å². The van der Waals surface area contributed by atoms with Crippen molar-refractivity contribution in [2.45, 2.75) is 29.1 Å². The van der Waals surface area contributed by atoms with E-state index in [2.05, 4.69) is 25.5 Å². The van der Waals surface area contributed by atoms with Crippen LogP contribution in [0.4, 0.5) is 24.8 Å². The second-order valence-electron chi connectivity index (χ2n) is 5.80. The lowest BCUT2D eigenvalue weighted by Crippen LogP contribution is -2.12. The fourth-order valence-corrected chi connectivity index (χ4v) is 3.72. The van der Waals surface area contributed by atoms with Gasteiger partial charge in [0.05, 0.1) is 9.09 Å². The Labute approximate surface area is 154 Å². The highest BCUT2D eigenvalue weighted by molar-refractivity contribution is 7.99. The van der Waals surface area contributed by atoms with Crippen molar-refractivity contribution in [3.63, 3.8) is 0 Å². The van der Waals surface area contributed by atoms with Gasteiger partial charge in [-0.1, -0.05) is 0 Å². The average molecular weight is 398 g/mol. The highest BCUT2D eigenvalue weighted by atomic mass is 32.2. The number of hydrogen-bond acceptors (Lipinski definition) is 7. The summed E-state index contributed by atoms with van der Waals surface area (Å²) < 4.78 is 40.8. The molecule has 0 saturated heterocycles. The Hall–Kier alpha value is -2.11. The Bertz CT molecular complexity index is 932. The molecule has 4 rings (SSSR count). The number of aromatic nitrogens is 4. The van der Waals surface area contributed by atoms with E-state index in [0.717, 1.165) is 40.9 Å². The molecule has 1 aliphatic rings. The molecule has 4 N–H and O–H groups in total. The van der Waals surface area contributed by atoms with Gasteiger partial charge in [0.2, 0.25) is 0 Å². The Morgan fingerprint density at radius 3 is 2.77 bits per heavy atom. The highest BCUT2D eigenvalue weighted by Gasteiger charge is 2.36. The number of nitrogens with zero attached hydrogens (tertiary/aromatic N) is 3. The molecule has 0 bridgehead atoms. The van der Waals surface area contributed by atoms with E-state index >= 15 is 0 Å². The van der Waals surface area contributed by atoms with E-state index in [1.165, 1.54) is 11.3 Å². The number of alkyl halides is 3. The molecule has 0 aliphatic heterocycles. The predicted octanol–water partition coefficient (Wildman–Crippen LogP) is 4.53. The minimum atomic E-state index is -4.58. The van der Waals surface area contributed by atoms with Crippen LogP contribution in [0.2, 0.25) is 0 Å². The third-order valence-corrected chi connectivity index (χ3v) is 5.66. The molecule has 1 saturated carbocycles. The molecular weight excluding hydrogens is 385 g/mol. The number of H-pyrrole nitrogens is 1. The maximum atomic E-state index is 13.3. The fraction of sp³-hybridized carbons (Fsp3) is 0.267. The van der Waals surface area contributed by atoms with Crippen LogP contribution in [0, 0.1) is 0 Å². The fourth-order valence-electron chi connectivity index (χ4n) is 2.43. The molecule has 0 unspecified atom stereocenters. The third kappa shape index (κ3) is 3.55. The molecule has 3 aromatic heterocycles. The van der Waals surface area contributed by atoms with Gasteiger partial charge in [0.1, 0.15) is 11.4 Å². The van der Waals surface area contributed by atoms with E-state index in [1.54, 1.807) is 18.2 Å². The molecular formula is C15H13F3N6S2. The van der Waals surface area contributed by atoms with Crippen molar-refractivity contribution >= 4 is 34.9 Å². The van der Waals surface area contributed by atoms with E-state index in [-0.39, 0.29) is 11.6 Å². The van der Waals surface area contributed by atoms with Crippen LogP contribution in [0.3, 0.4) is 0 Å². The molecule has 6 nitrogen and oxygen atoms in total. The van der Waals surface area contributed by atoms with Crippen molar-refractivity contribution in [1.29, 1.82) is 0 Å². The monoisotopic (exact) mass is 398 g/mol. The van der Waals surface area contributed by atoms with E-state index in [9.17, 15) is 13.2 Å². The summed E-state index contributed by atoms with van der Waals surface area (Å²) in [6, 6.07) is 5.22. The van der Waals surface area contributed by atoms with Gasteiger partial charge in [0.25, 0.3) is 0 Å². The largest absolute Gasteiger partial charge is 0.421 e. The maximum Gasteiger partial charge on any atom is 0.421 e. The van der Waals surface area contributed by atoms with E-state index in [0.29, 0.717) is 16.6 Å². The molecule has 0 aromatic carbocycles. The quantitative estimate of drug-likeness (QED) is 0.547. The Morgan fingerprint density at radius 2 is 2.12 bits per heavy atom. The number of halogens is 3. The Morgan fingerprint density at radius 1 is 1.31 bits per heavy atom. The lowest BCUT2D eigenvalue weighted by molar-refractivity contribution is -0.137. The molecule has 0 spiro atoms. The molecule has 3 aromatic rings. The first-order valence-corrected chi connectivity index (χ1v) is 9.37. The first-order valence-electron chi connectivity index (χ1n) is 7.67. The molecule has 136 valence electrons. The van der Waals surface area contributed by atoms with Crippen LogP contribution in [0.1, 0.15) is 30.0 Å². The van der Waals surface area contributed by atoms with Gasteiger partial charge in [-0.2, -0.15) is 18.3 Å². The van der Waals surface area contributed by atoms with Gasteiger partial charge in [0.15, 0.2) is 11.6 Å².